The first-order valence-corrected chi connectivity index (χ1v) is 12.2. The van der Waals surface area contributed by atoms with E-state index in [1.165, 1.54) is 6.42 Å². The van der Waals surface area contributed by atoms with Crippen LogP contribution in [0.1, 0.15) is 63.3 Å². The van der Waals surface area contributed by atoms with Crippen LogP contribution in [-0.4, -0.2) is 51.4 Å². The highest BCUT2D eigenvalue weighted by Crippen LogP contribution is 2.32. The Hall–Kier alpha value is -2.67. The van der Waals surface area contributed by atoms with Gasteiger partial charge in [-0.15, -0.1) is 6.58 Å². The Labute approximate surface area is 199 Å². The lowest BCUT2D eigenvalue weighted by molar-refractivity contribution is -0.145. The number of aromatic nitrogens is 2. The molecule has 0 bridgehead atoms. The Morgan fingerprint density at radius 2 is 1.97 bits per heavy atom. The van der Waals surface area contributed by atoms with Gasteiger partial charge >= 0.3 is 0 Å². The van der Waals surface area contributed by atoms with Gasteiger partial charge in [0.1, 0.15) is 12.6 Å². The minimum atomic E-state index is -0.290. The Morgan fingerprint density at radius 1 is 1.18 bits per heavy atom. The topological polar surface area (TPSA) is 79.5 Å². The van der Waals surface area contributed by atoms with Gasteiger partial charge in [-0.1, -0.05) is 54.2 Å². The molecule has 1 saturated carbocycles. The van der Waals surface area contributed by atoms with Crippen molar-refractivity contribution >= 4 is 23.4 Å². The van der Waals surface area contributed by atoms with E-state index in [0.29, 0.717) is 29.8 Å². The van der Waals surface area contributed by atoms with Crippen LogP contribution in [0.15, 0.2) is 41.4 Å². The second-order valence-corrected chi connectivity index (χ2v) is 9.34. The van der Waals surface area contributed by atoms with Gasteiger partial charge in [-0.25, -0.2) is 0 Å². The number of amides is 2. The molecule has 1 aromatic heterocycles. The minimum Gasteiger partial charge on any atom is -0.337 e. The molecule has 0 N–H and O–H groups in total. The van der Waals surface area contributed by atoms with Crippen molar-refractivity contribution in [3.8, 4) is 11.4 Å². The summed E-state index contributed by atoms with van der Waals surface area (Å²) in [5.74, 6) is 0.865. The predicted molar refractivity (Wildman–Crippen MR) is 126 cm³/mol. The third-order valence-corrected chi connectivity index (χ3v) is 6.81. The molecule has 1 aliphatic carbocycles. The van der Waals surface area contributed by atoms with Crippen LogP contribution in [-0.2, 0) is 9.59 Å². The Bertz CT molecular complexity index is 986. The van der Waals surface area contributed by atoms with E-state index < -0.39 is 0 Å². The summed E-state index contributed by atoms with van der Waals surface area (Å²) in [6, 6.07) is 6.99. The van der Waals surface area contributed by atoms with Gasteiger partial charge in [-0.2, -0.15) is 4.98 Å². The zero-order valence-electron chi connectivity index (χ0n) is 18.9. The molecule has 33 heavy (non-hydrogen) atoms. The maximum absolute atomic E-state index is 13.4. The molecule has 2 heterocycles. The molecule has 8 heteroatoms. The van der Waals surface area contributed by atoms with Gasteiger partial charge in [0.25, 0.3) is 0 Å². The Morgan fingerprint density at radius 3 is 2.73 bits per heavy atom. The molecular formula is C25H31ClN4O3. The molecule has 2 aromatic rings. The van der Waals surface area contributed by atoms with Crippen LogP contribution in [0.5, 0.6) is 0 Å². The summed E-state index contributed by atoms with van der Waals surface area (Å²) in [5, 5.41) is 4.71. The monoisotopic (exact) mass is 470 g/mol. The van der Waals surface area contributed by atoms with E-state index in [1.807, 2.05) is 12.1 Å². The molecule has 1 aliphatic heterocycles. The van der Waals surface area contributed by atoms with Crippen molar-refractivity contribution < 1.29 is 14.1 Å². The van der Waals surface area contributed by atoms with E-state index >= 15 is 0 Å². The molecular weight excluding hydrogens is 440 g/mol. The van der Waals surface area contributed by atoms with Crippen molar-refractivity contribution in [2.75, 3.05) is 19.6 Å². The highest BCUT2D eigenvalue weighted by molar-refractivity contribution is 6.30. The normalized spacial score (nSPS) is 19.3. The van der Waals surface area contributed by atoms with Crippen molar-refractivity contribution in [3.63, 3.8) is 0 Å². The summed E-state index contributed by atoms with van der Waals surface area (Å²) < 4.78 is 5.58. The number of carbonyl (C=O) groups is 2. The standard InChI is InChI=1S/C25H31ClN4O3/c1-2-14-29(25(32)18-9-4-3-5-10-18)17-22(31)30-15-7-6-13-21(30)24-27-23(28-33-24)19-11-8-12-20(26)16-19/h2,8,11-12,16,18,21H,1,3-7,9-10,13-15,17H2. The van der Waals surface area contributed by atoms with Crippen LogP contribution in [0.4, 0.5) is 0 Å². The number of benzene rings is 1. The SMILES string of the molecule is C=CCN(CC(=O)N1CCCCC1c1nc(-c2cccc(Cl)c2)no1)C(=O)C1CCCCC1. The van der Waals surface area contributed by atoms with Gasteiger partial charge in [0, 0.05) is 29.6 Å². The molecule has 1 aromatic carbocycles. The van der Waals surface area contributed by atoms with Gasteiger partial charge in [0.15, 0.2) is 0 Å². The Balaban J connectivity index is 1.48. The highest BCUT2D eigenvalue weighted by Gasteiger charge is 2.34. The van der Waals surface area contributed by atoms with Gasteiger partial charge in [-0.3, -0.25) is 9.59 Å². The van der Waals surface area contributed by atoms with Crippen LogP contribution in [0.3, 0.4) is 0 Å². The lowest BCUT2D eigenvalue weighted by atomic mass is 9.88. The fourth-order valence-electron chi connectivity index (χ4n) is 4.85. The summed E-state index contributed by atoms with van der Waals surface area (Å²) in [6.07, 6.45) is 9.47. The first-order chi connectivity index (χ1) is 16.1. The summed E-state index contributed by atoms with van der Waals surface area (Å²) in [4.78, 5) is 34.5. The van der Waals surface area contributed by atoms with E-state index in [-0.39, 0.29) is 30.3 Å². The fraction of sp³-hybridized carbons (Fsp3) is 0.520. The molecule has 7 nitrogen and oxygen atoms in total. The molecule has 1 saturated heterocycles. The average Bonchev–Trinajstić information content (AvgIpc) is 3.34. The van der Waals surface area contributed by atoms with Gasteiger partial charge in [0.05, 0.1) is 0 Å². The maximum atomic E-state index is 13.4. The Kier molecular flexibility index (Phi) is 7.81. The summed E-state index contributed by atoms with van der Waals surface area (Å²) in [6.45, 7) is 4.82. The van der Waals surface area contributed by atoms with Crippen molar-refractivity contribution in [2.24, 2.45) is 5.92 Å². The van der Waals surface area contributed by atoms with Crippen LogP contribution < -0.4 is 0 Å². The number of nitrogens with zero attached hydrogens (tertiary/aromatic N) is 4. The van der Waals surface area contributed by atoms with Crippen molar-refractivity contribution in [2.45, 2.75) is 57.4 Å². The number of carbonyl (C=O) groups excluding carboxylic acids is 2. The van der Waals surface area contributed by atoms with Crippen LogP contribution in [0.25, 0.3) is 11.4 Å². The van der Waals surface area contributed by atoms with E-state index in [0.717, 1.165) is 50.5 Å². The molecule has 2 fully saturated rings. The lowest BCUT2D eigenvalue weighted by Crippen LogP contribution is -2.47. The third kappa shape index (κ3) is 5.64. The first-order valence-electron chi connectivity index (χ1n) is 11.9. The second-order valence-electron chi connectivity index (χ2n) is 8.91. The van der Waals surface area contributed by atoms with E-state index in [4.69, 9.17) is 16.1 Å². The smallest absolute Gasteiger partial charge is 0.249 e. The molecule has 1 atom stereocenters. The van der Waals surface area contributed by atoms with E-state index in [1.54, 1.807) is 28.0 Å². The molecule has 1 unspecified atom stereocenters. The minimum absolute atomic E-state index is 0.0137. The zero-order chi connectivity index (χ0) is 23.2. The lowest BCUT2D eigenvalue weighted by Gasteiger charge is -2.35. The van der Waals surface area contributed by atoms with Gasteiger partial charge in [-0.05, 0) is 44.2 Å². The molecule has 0 spiro atoms. The number of likely N-dealkylation sites (tertiary alicyclic amines) is 1. The van der Waals surface area contributed by atoms with Gasteiger partial charge in [0.2, 0.25) is 23.5 Å². The molecule has 2 aliphatic rings. The maximum Gasteiger partial charge on any atom is 0.249 e. The first kappa shape index (κ1) is 23.5. The van der Waals surface area contributed by atoms with Gasteiger partial charge < -0.3 is 14.3 Å². The molecule has 4 rings (SSSR count). The second kappa shape index (κ2) is 11.0. The van der Waals surface area contributed by atoms with Crippen molar-refractivity contribution in [1.29, 1.82) is 0 Å². The van der Waals surface area contributed by atoms with Crippen LogP contribution >= 0.6 is 11.6 Å². The van der Waals surface area contributed by atoms with Crippen molar-refractivity contribution in [1.82, 2.24) is 19.9 Å². The number of rotatable bonds is 7. The summed E-state index contributed by atoms with van der Waals surface area (Å²) >= 11 is 6.09. The largest absolute Gasteiger partial charge is 0.337 e. The molecule has 176 valence electrons. The van der Waals surface area contributed by atoms with Crippen molar-refractivity contribution in [3.05, 3.63) is 47.8 Å². The summed E-state index contributed by atoms with van der Waals surface area (Å²) in [5.41, 5.74) is 0.765. The average molecular weight is 471 g/mol. The number of hydrogen-bond donors (Lipinski definition) is 0. The third-order valence-electron chi connectivity index (χ3n) is 6.57. The van der Waals surface area contributed by atoms with E-state index in [2.05, 4.69) is 16.7 Å². The fourth-order valence-corrected chi connectivity index (χ4v) is 5.04. The van der Waals surface area contributed by atoms with E-state index in [9.17, 15) is 9.59 Å². The zero-order valence-corrected chi connectivity index (χ0v) is 19.7. The van der Waals surface area contributed by atoms with Crippen LogP contribution in [0.2, 0.25) is 5.02 Å². The van der Waals surface area contributed by atoms with Crippen LogP contribution in [0, 0.1) is 5.92 Å². The predicted octanol–water partition coefficient (Wildman–Crippen LogP) is 5.04. The highest BCUT2D eigenvalue weighted by atomic mass is 35.5. The number of halogens is 1. The molecule has 0 radical (unpaired) electrons. The number of piperidine rings is 1. The summed E-state index contributed by atoms with van der Waals surface area (Å²) in [7, 11) is 0. The molecule has 2 amide bonds. The number of hydrogen-bond acceptors (Lipinski definition) is 5. The quantitative estimate of drug-likeness (QED) is 0.529.